The summed E-state index contributed by atoms with van der Waals surface area (Å²) in [5.74, 6) is 0.547. The molecule has 0 unspecified atom stereocenters. The molecule has 9 heteroatoms. The van der Waals surface area contributed by atoms with Crippen molar-refractivity contribution in [2.75, 3.05) is 0 Å². The number of hydrogen-bond donors (Lipinski definition) is 1. The summed E-state index contributed by atoms with van der Waals surface area (Å²) >= 11 is -0.753. The van der Waals surface area contributed by atoms with Crippen LogP contribution in [0.15, 0.2) is 72.8 Å². The van der Waals surface area contributed by atoms with E-state index in [1.165, 1.54) is 21.9 Å². The summed E-state index contributed by atoms with van der Waals surface area (Å²) in [6.45, 7) is 8.07. The molecule has 0 aliphatic heterocycles. The fourth-order valence-corrected chi connectivity index (χ4v) is 8.04. The Balaban J connectivity index is 0.000000274. The summed E-state index contributed by atoms with van der Waals surface area (Å²) in [6, 6.07) is 19.6. The third kappa shape index (κ3) is 7.94. The van der Waals surface area contributed by atoms with Gasteiger partial charge in [0, 0.05) is 38.0 Å². The van der Waals surface area contributed by atoms with Crippen molar-refractivity contribution in [1.82, 2.24) is 9.97 Å². The summed E-state index contributed by atoms with van der Waals surface area (Å²) < 4.78 is 43.8. The fraction of sp³-hybridized carbons (Fsp3) is 0.324. The van der Waals surface area contributed by atoms with Crippen LogP contribution in [0.1, 0.15) is 58.9 Å². The zero-order valence-corrected chi connectivity index (χ0v) is 29.2. The van der Waals surface area contributed by atoms with Crippen molar-refractivity contribution in [1.29, 1.82) is 0 Å². The monoisotopic (exact) mass is 882 g/mol. The van der Waals surface area contributed by atoms with Gasteiger partial charge in [-0.3, -0.25) is 4.79 Å². The van der Waals surface area contributed by atoms with E-state index in [0.29, 0.717) is 16.5 Å². The number of ketones is 1. The standard InChI is InChI=1S/C21H10F3N2Te.C13H24O2.Ir/c22-21(23,24)18-14-7-3-1-5-12(14)9-15-19(25-11-26-20(15)18)17-10-13-6-2-4-8-16(13)27-17;1-5-10(6-2)12(14)9-13(15)11(7-3)8-4;/h1-9,11H;9-11,14H,5-8H2,1-4H3;/q-1;;/b;12-9-;. The van der Waals surface area contributed by atoms with E-state index in [1.807, 2.05) is 45.9 Å². The Morgan fingerprint density at radius 1 is 0.930 bits per heavy atom. The van der Waals surface area contributed by atoms with E-state index in [9.17, 15) is 23.1 Å². The smallest absolute Gasteiger partial charge is 0 e. The van der Waals surface area contributed by atoms with E-state index in [1.54, 1.807) is 24.3 Å². The molecule has 3 aromatic carbocycles. The van der Waals surface area contributed by atoms with Gasteiger partial charge in [-0.15, -0.1) is 0 Å². The van der Waals surface area contributed by atoms with Gasteiger partial charge < -0.3 is 5.11 Å². The van der Waals surface area contributed by atoms with Crippen LogP contribution in [0.2, 0.25) is 0 Å². The number of carbonyl (C=O) groups excluding carboxylic acids is 1. The number of aliphatic hydroxyl groups is 1. The van der Waals surface area contributed by atoms with E-state index >= 15 is 0 Å². The molecule has 2 aromatic heterocycles. The summed E-state index contributed by atoms with van der Waals surface area (Å²) in [5, 5.41) is 11.9. The number of nitrogens with zero attached hydrogens (tertiary/aromatic N) is 2. The van der Waals surface area contributed by atoms with Crippen LogP contribution in [-0.2, 0) is 31.1 Å². The van der Waals surface area contributed by atoms with Crippen LogP contribution in [0.5, 0.6) is 0 Å². The Labute approximate surface area is 273 Å². The minimum Gasteiger partial charge on any atom is 0 e. The van der Waals surface area contributed by atoms with Crippen LogP contribution in [0.25, 0.3) is 39.7 Å². The Kier molecular flexibility index (Phi) is 12.5. The molecule has 0 fully saturated rings. The molecule has 5 aromatic rings. The van der Waals surface area contributed by atoms with Crippen LogP contribution >= 0.6 is 0 Å². The Hall–Kier alpha value is -2.56. The second-order valence-corrected chi connectivity index (χ2v) is 13.1. The molecule has 1 N–H and O–H groups in total. The van der Waals surface area contributed by atoms with Crippen molar-refractivity contribution in [2.24, 2.45) is 11.8 Å². The summed E-state index contributed by atoms with van der Waals surface area (Å²) in [7, 11) is 0. The number of aliphatic hydroxyl groups excluding tert-OH is 1. The number of fused-ring (bicyclic) bond motifs is 3. The van der Waals surface area contributed by atoms with Gasteiger partial charge in [0.05, 0.1) is 5.76 Å². The molecule has 0 aliphatic carbocycles. The molecule has 0 atom stereocenters. The van der Waals surface area contributed by atoms with Gasteiger partial charge >= 0.3 is 162 Å². The molecule has 4 nitrogen and oxygen atoms in total. The predicted octanol–water partition coefficient (Wildman–Crippen LogP) is 9.35. The number of halogens is 3. The van der Waals surface area contributed by atoms with Crippen molar-refractivity contribution >= 4 is 56.7 Å². The quantitative estimate of drug-likeness (QED) is 0.0556. The van der Waals surface area contributed by atoms with Crippen LogP contribution in [0.3, 0.4) is 0 Å². The summed E-state index contributed by atoms with van der Waals surface area (Å²) in [6.07, 6.45) is 1.63. The normalized spacial score (nSPS) is 12.1. The number of carbonyl (C=O) groups is 1. The zero-order valence-electron chi connectivity index (χ0n) is 24.5. The van der Waals surface area contributed by atoms with Gasteiger partial charge in [0.15, 0.2) is 5.78 Å². The molecular weight excluding hydrogens is 845 g/mol. The minimum atomic E-state index is -4.50. The first kappa shape index (κ1) is 34.9. The number of aromatic nitrogens is 2. The number of alkyl halides is 3. The first-order valence-corrected chi connectivity index (χ1v) is 16.5. The average molecular weight is 879 g/mol. The van der Waals surface area contributed by atoms with E-state index < -0.39 is 32.2 Å². The average Bonchev–Trinajstić information content (AvgIpc) is 3.41. The van der Waals surface area contributed by atoms with Crippen LogP contribution in [0, 0.1) is 17.9 Å². The molecule has 0 bridgehead atoms. The largest absolute Gasteiger partial charge is 0 e. The van der Waals surface area contributed by atoms with E-state index in [2.05, 4.69) is 22.1 Å². The number of hydrogen-bond acceptors (Lipinski definition) is 4. The van der Waals surface area contributed by atoms with Crippen molar-refractivity contribution in [3.05, 3.63) is 84.4 Å². The molecular formula is C34H34F3IrN2O2Te-. The Bertz CT molecular complexity index is 1690. The predicted molar refractivity (Wildman–Crippen MR) is 165 cm³/mol. The van der Waals surface area contributed by atoms with Gasteiger partial charge in [0.2, 0.25) is 0 Å². The van der Waals surface area contributed by atoms with Gasteiger partial charge in [-0.1, -0.05) is 27.7 Å². The molecule has 0 saturated carbocycles. The third-order valence-corrected chi connectivity index (χ3v) is 10.6. The van der Waals surface area contributed by atoms with Gasteiger partial charge in [-0.05, 0) is 25.7 Å². The van der Waals surface area contributed by atoms with E-state index in [0.717, 1.165) is 34.6 Å². The summed E-state index contributed by atoms with van der Waals surface area (Å²) in [4.78, 5) is 20.1. The molecule has 5 rings (SSSR count). The van der Waals surface area contributed by atoms with Crippen molar-refractivity contribution in [3.8, 4) is 9.27 Å². The molecule has 1 radical (unpaired) electrons. The molecule has 2 heterocycles. The fourth-order valence-electron chi connectivity index (χ4n) is 5.14. The molecule has 0 saturated heterocycles. The summed E-state index contributed by atoms with van der Waals surface area (Å²) in [5.41, 5.74) is -0.185. The van der Waals surface area contributed by atoms with Gasteiger partial charge in [0.25, 0.3) is 0 Å². The van der Waals surface area contributed by atoms with E-state index in [-0.39, 0.29) is 54.4 Å². The molecule has 43 heavy (non-hydrogen) atoms. The first-order chi connectivity index (χ1) is 20.1. The topological polar surface area (TPSA) is 63.1 Å². The maximum atomic E-state index is 13.9. The molecule has 0 amide bonds. The van der Waals surface area contributed by atoms with Gasteiger partial charge in [0.1, 0.15) is 0 Å². The number of rotatable bonds is 8. The Morgan fingerprint density at radius 3 is 2.19 bits per heavy atom. The van der Waals surface area contributed by atoms with Crippen molar-refractivity contribution in [2.45, 2.75) is 59.6 Å². The van der Waals surface area contributed by atoms with E-state index in [4.69, 9.17) is 0 Å². The number of allylic oxidation sites excluding steroid dienone is 2. The zero-order chi connectivity index (χ0) is 30.4. The third-order valence-electron chi connectivity index (χ3n) is 7.58. The SMILES string of the molecule is CCC(CC)C(=O)/C=C(\O)C(CC)CC.FC(F)(F)c1c2ccccc2cc2c(-c3[c-]c4ccccc4[te]3)ncnc12.[Ir]. The van der Waals surface area contributed by atoms with Crippen LogP contribution in [0.4, 0.5) is 13.2 Å². The van der Waals surface area contributed by atoms with Crippen LogP contribution < -0.4 is 0 Å². The van der Waals surface area contributed by atoms with Crippen LogP contribution in [-0.4, -0.2) is 41.3 Å². The minimum absolute atomic E-state index is 0. The van der Waals surface area contributed by atoms with Gasteiger partial charge in [-0.25, -0.2) is 0 Å². The van der Waals surface area contributed by atoms with Gasteiger partial charge in [-0.2, -0.15) is 0 Å². The Morgan fingerprint density at radius 2 is 1.56 bits per heavy atom. The number of benzene rings is 3. The van der Waals surface area contributed by atoms with Crippen molar-refractivity contribution in [3.63, 3.8) is 0 Å². The van der Waals surface area contributed by atoms with Crippen molar-refractivity contribution < 1.29 is 43.2 Å². The second-order valence-electron chi connectivity index (χ2n) is 10.1. The maximum Gasteiger partial charge on any atom is 0 e. The first-order valence-electron chi connectivity index (χ1n) is 14.2. The molecule has 0 spiro atoms. The second kappa shape index (κ2) is 15.4. The maximum absolute atomic E-state index is 13.9. The molecule has 0 aliphatic rings. The molecule has 229 valence electrons.